The maximum absolute atomic E-state index is 8.95. The van der Waals surface area contributed by atoms with Gasteiger partial charge in [0.1, 0.15) is 0 Å². The molecule has 1 N–H and O–H groups in total. The lowest BCUT2D eigenvalue weighted by atomic mass is 10.2. The highest BCUT2D eigenvalue weighted by Gasteiger charge is 2.09. The number of benzene rings is 2. The summed E-state index contributed by atoms with van der Waals surface area (Å²) in [7, 11) is 0. The molecule has 108 valence electrons. The summed E-state index contributed by atoms with van der Waals surface area (Å²) in [6.07, 6.45) is 0. The maximum Gasteiger partial charge on any atom is 0.190 e. The number of nitriles is 2. The molecule has 0 radical (unpaired) electrons. The van der Waals surface area contributed by atoms with Crippen LogP contribution in [0.3, 0.4) is 0 Å². The van der Waals surface area contributed by atoms with E-state index in [1.54, 1.807) is 12.1 Å². The zero-order valence-corrected chi connectivity index (χ0v) is 13.2. The van der Waals surface area contributed by atoms with Crippen LogP contribution in [0.15, 0.2) is 36.4 Å². The van der Waals surface area contributed by atoms with Crippen molar-refractivity contribution in [2.75, 3.05) is 5.32 Å². The summed E-state index contributed by atoms with van der Waals surface area (Å²) >= 11 is 2.96. The molecule has 0 unspecified atom stereocenters. The Labute approximate surface area is 139 Å². The van der Waals surface area contributed by atoms with Gasteiger partial charge in [-0.05, 0) is 36.4 Å². The Morgan fingerprint density at radius 1 is 0.783 bits per heavy atom. The maximum atomic E-state index is 8.95. The first kappa shape index (κ1) is 13.6. The summed E-state index contributed by atoms with van der Waals surface area (Å²) in [5.74, 6) is 0. The van der Waals surface area contributed by atoms with Gasteiger partial charge < -0.3 is 5.32 Å². The van der Waals surface area contributed by atoms with Crippen LogP contribution in [0.1, 0.15) is 11.1 Å². The lowest BCUT2D eigenvalue weighted by Gasteiger charge is -1.93. The van der Waals surface area contributed by atoms with E-state index in [-0.39, 0.29) is 0 Å². The van der Waals surface area contributed by atoms with Crippen LogP contribution in [0, 0.1) is 22.7 Å². The second-order valence-electron chi connectivity index (χ2n) is 4.75. The zero-order valence-electron chi connectivity index (χ0n) is 11.6. The van der Waals surface area contributed by atoms with Crippen molar-refractivity contribution in [3.05, 3.63) is 47.5 Å². The molecule has 2 aromatic carbocycles. The summed E-state index contributed by atoms with van der Waals surface area (Å²) in [6.45, 7) is 0. The van der Waals surface area contributed by atoms with Crippen LogP contribution in [0.5, 0.6) is 0 Å². The Morgan fingerprint density at radius 2 is 1.26 bits per heavy atom. The first-order valence-electron chi connectivity index (χ1n) is 6.63. The smallest absolute Gasteiger partial charge is 0.190 e. The van der Waals surface area contributed by atoms with Crippen LogP contribution >= 0.6 is 22.7 Å². The molecule has 0 aliphatic carbocycles. The average Bonchev–Trinajstić information content (AvgIpc) is 3.15. The molecule has 0 saturated heterocycles. The molecule has 2 heterocycles. The van der Waals surface area contributed by atoms with E-state index in [0.717, 1.165) is 30.7 Å². The van der Waals surface area contributed by atoms with E-state index in [2.05, 4.69) is 27.4 Å². The topological polar surface area (TPSA) is 85.4 Å². The Hall–Kier alpha value is -3.00. The highest BCUT2D eigenvalue weighted by molar-refractivity contribution is 7.24. The molecule has 0 amide bonds. The number of thiazole rings is 2. The molecule has 0 spiro atoms. The van der Waals surface area contributed by atoms with E-state index in [9.17, 15) is 0 Å². The number of hydrogen-bond acceptors (Lipinski definition) is 7. The summed E-state index contributed by atoms with van der Waals surface area (Å²) in [4.78, 5) is 9.00. The van der Waals surface area contributed by atoms with Gasteiger partial charge in [0.15, 0.2) is 10.3 Å². The highest BCUT2D eigenvalue weighted by Crippen LogP contribution is 2.32. The Balaban J connectivity index is 1.70. The van der Waals surface area contributed by atoms with Gasteiger partial charge in [0.05, 0.1) is 43.7 Å². The van der Waals surface area contributed by atoms with Crippen LogP contribution in [-0.2, 0) is 0 Å². The Morgan fingerprint density at radius 3 is 1.70 bits per heavy atom. The largest absolute Gasteiger partial charge is 0.307 e. The van der Waals surface area contributed by atoms with Crippen molar-refractivity contribution in [1.29, 1.82) is 10.5 Å². The molecule has 0 fully saturated rings. The van der Waals surface area contributed by atoms with Gasteiger partial charge in [-0.1, -0.05) is 22.7 Å². The molecule has 4 rings (SSSR count). The molecule has 4 aromatic rings. The molecular formula is C16H7N5S2. The normalized spacial score (nSPS) is 10.5. The van der Waals surface area contributed by atoms with Gasteiger partial charge in [0.25, 0.3) is 0 Å². The van der Waals surface area contributed by atoms with E-state index in [1.807, 2.05) is 24.3 Å². The molecule has 5 nitrogen and oxygen atoms in total. The van der Waals surface area contributed by atoms with Gasteiger partial charge in [-0.15, -0.1) is 0 Å². The average molecular weight is 333 g/mol. The van der Waals surface area contributed by atoms with Gasteiger partial charge in [-0.2, -0.15) is 10.5 Å². The first-order chi connectivity index (χ1) is 11.2. The third kappa shape index (κ3) is 2.49. The number of nitrogens with one attached hydrogen (secondary N) is 1. The minimum atomic E-state index is 0.622. The fourth-order valence-corrected chi connectivity index (χ4v) is 4.06. The molecule has 0 aliphatic heterocycles. The predicted molar refractivity (Wildman–Crippen MR) is 92.0 cm³/mol. The second kappa shape index (κ2) is 5.33. The second-order valence-corrected chi connectivity index (χ2v) is 6.81. The highest BCUT2D eigenvalue weighted by atomic mass is 32.1. The van der Waals surface area contributed by atoms with Crippen LogP contribution < -0.4 is 5.32 Å². The van der Waals surface area contributed by atoms with E-state index in [0.29, 0.717) is 11.1 Å². The van der Waals surface area contributed by atoms with Gasteiger partial charge in [-0.3, -0.25) is 0 Å². The van der Waals surface area contributed by atoms with Gasteiger partial charge >= 0.3 is 0 Å². The van der Waals surface area contributed by atoms with Crippen LogP contribution in [0.25, 0.3) is 20.4 Å². The number of aromatic nitrogens is 2. The molecular weight excluding hydrogens is 326 g/mol. The van der Waals surface area contributed by atoms with Crippen molar-refractivity contribution in [3.63, 3.8) is 0 Å². The minimum absolute atomic E-state index is 0.622. The third-order valence-electron chi connectivity index (χ3n) is 3.25. The van der Waals surface area contributed by atoms with Crippen LogP contribution in [-0.4, -0.2) is 9.97 Å². The molecule has 23 heavy (non-hydrogen) atoms. The van der Waals surface area contributed by atoms with Crippen molar-refractivity contribution in [1.82, 2.24) is 9.97 Å². The van der Waals surface area contributed by atoms with Gasteiger partial charge in [0, 0.05) is 0 Å². The van der Waals surface area contributed by atoms with E-state index in [4.69, 9.17) is 10.5 Å². The molecule has 0 atom stereocenters. The van der Waals surface area contributed by atoms with Crippen molar-refractivity contribution < 1.29 is 0 Å². The van der Waals surface area contributed by atoms with Crippen LogP contribution in [0.4, 0.5) is 10.3 Å². The van der Waals surface area contributed by atoms with E-state index < -0.39 is 0 Å². The zero-order chi connectivity index (χ0) is 15.8. The number of fused-ring (bicyclic) bond motifs is 2. The monoisotopic (exact) mass is 333 g/mol. The molecule has 7 heteroatoms. The lowest BCUT2D eigenvalue weighted by Crippen LogP contribution is -1.87. The van der Waals surface area contributed by atoms with Gasteiger partial charge in [-0.25, -0.2) is 9.97 Å². The fourth-order valence-electron chi connectivity index (χ4n) is 2.19. The standard InChI is InChI=1S/C16H7N5S2/c17-7-9-1-3-11-13(5-9)22-15(19-11)21-16-20-12-4-2-10(8-18)6-14(12)23-16/h1-6H,(H,19,20,21). The summed E-state index contributed by atoms with van der Waals surface area (Å²) in [5.41, 5.74) is 2.95. The van der Waals surface area contributed by atoms with Crippen molar-refractivity contribution in [2.24, 2.45) is 0 Å². The number of hydrogen-bond donors (Lipinski definition) is 1. The molecule has 2 aromatic heterocycles. The Bertz CT molecular complexity index is 1040. The summed E-state index contributed by atoms with van der Waals surface area (Å²) in [5, 5.41) is 22.6. The van der Waals surface area contributed by atoms with Crippen molar-refractivity contribution in [2.45, 2.75) is 0 Å². The van der Waals surface area contributed by atoms with Crippen molar-refractivity contribution >= 4 is 53.4 Å². The lowest BCUT2D eigenvalue weighted by molar-refractivity contribution is 1.40. The number of rotatable bonds is 2. The number of anilines is 2. The Kier molecular flexibility index (Phi) is 3.16. The predicted octanol–water partition coefficient (Wildman–Crippen LogP) is 4.39. The molecule has 0 bridgehead atoms. The minimum Gasteiger partial charge on any atom is -0.307 e. The first-order valence-corrected chi connectivity index (χ1v) is 8.27. The molecule has 0 saturated carbocycles. The quantitative estimate of drug-likeness (QED) is 0.588. The molecule has 0 aliphatic rings. The van der Waals surface area contributed by atoms with Gasteiger partial charge in [0.2, 0.25) is 0 Å². The van der Waals surface area contributed by atoms with Crippen LogP contribution in [0.2, 0.25) is 0 Å². The fraction of sp³-hybridized carbons (Fsp3) is 0. The number of nitrogens with zero attached hydrogens (tertiary/aromatic N) is 4. The van der Waals surface area contributed by atoms with E-state index >= 15 is 0 Å². The summed E-state index contributed by atoms with van der Waals surface area (Å²) < 4.78 is 1.92. The van der Waals surface area contributed by atoms with Crippen molar-refractivity contribution in [3.8, 4) is 12.1 Å². The third-order valence-corrected chi connectivity index (χ3v) is 5.12. The SMILES string of the molecule is N#Cc1ccc2nc(Nc3nc4ccc(C#N)cc4s3)sc2c1. The summed E-state index contributed by atoms with van der Waals surface area (Å²) in [6, 6.07) is 15.1. The van der Waals surface area contributed by atoms with E-state index in [1.165, 1.54) is 22.7 Å².